The van der Waals surface area contributed by atoms with Crippen LogP contribution in [0.2, 0.25) is 0 Å². The van der Waals surface area contributed by atoms with Crippen LogP contribution in [-0.4, -0.2) is 17.9 Å². The summed E-state index contributed by atoms with van der Waals surface area (Å²) >= 11 is 0. The van der Waals surface area contributed by atoms with Crippen molar-refractivity contribution in [1.82, 2.24) is 5.32 Å². The summed E-state index contributed by atoms with van der Waals surface area (Å²) in [6, 6.07) is 8.86. The van der Waals surface area contributed by atoms with Crippen LogP contribution < -0.4 is 10.6 Å². The molecular formula is C20H24N2O3. The Hall–Kier alpha value is -2.56. The van der Waals surface area contributed by atoms with E-state index in [0.29, 0.717) is 17.2 Å². The van der Waals surface area contributed by atoms with Crippen LogP contribution in [0.3, 0.4) is 0 Å². The molecule has 2 unspecified atom stereocenters. The predicted molar refractivity (Wildman–Crippen MR) is 96.7 cm³/mol. The van der Waals surface area contributed by atoms with Crippen molar-refractivity contribution in [2.24, 2.45) is 5.92 Å². The second-order valence-corrected chi connectivity index (χ2v) is 6.90. The minimum absolute atomic E-state index is 0.0902. The number of hydrogen-bond acceptors (Lipinski definition) is 3. The Labute approximate surface area is 147 Å². The summed E-state index contributed by atoms with van der Waals surface area (Å²) in [6.45, 7) is 4.12. The van der Waals surface area contributed by atoms with Gasteiger partial charge in [0.25, 0.3) is 11.8 Å². The summed E-state index contributed by atoms with van der Waals surface area (Å²) in [5.41, 5.74) is 2.06. The molecule has 1 fully saturated rings. The van der Waals surface area contributed by atoms with Crippen LogP contribution in [0.4, 0.5) is 5.69 Å². The standard InChI is InChI=1S/C20H24N2O3/c1-13-5-3-6-16(11-13)21-19(23)15-9-8-14(2)17(12-15)22-20(24)18-7-4-10-25-18/h4,7-10,12-13,16H,3,5-6,11H2,1-2H3,(H,21,23)(H,22,24). The molecule has 132 valence electrons. The molecule has 1 aliphatic carbocycles. The molecule has 1 heterocycles. The second-order valence-electron chi connectivity index (χ2n) is 6.90. The van der Waals surface area contributed by atoms with Gasteiger partial charge in [0.1, 0.15) is 0 Å². The molecule has 0 bridgehead atoms. The Kier molecular flexibility index (Phi) is 5.22. The monoisotopic (exact) mass is 340 g/mol. The number of hydrogen-bond donors (Lipinski definition) is 2. The topological polar surface area (TPSA) is 71.3 Å². The van der Waals surface area contributed by atoms with Crippen LogP contribution in [0, 0.1) is 12.8 Å². The predicted octanol–water partition coefficient (Wildman–Crippen LogP) is 4.15. The molecule has 0 aliphatic heterocycles. The van der Waals surface area contributed by atoms with Gasteiger partial charge in [0.15, 0.2) is 5.76 Å². The lowest BCUT2D eigenvalue weighted by Crippen LogP contribution is -2.38. The summed E-state index contributed by atoms with van der Waals surface area (Å²) in [4.78, 5) is 24.7. The van der Waals surface area contributed by atoms with Crippen molar-refractivity contribution in [1.29, 1.82) is 0 Å². The minimum Gasteiger partial charge on any atom is -0.459 e. The molecule has 1 saturated carbocycles. The molecule has 5 heteroatoms. The lowest BCUT2D eigenvalue weighted by Gasteiger charge is -2.27. The summed E-state index contributed by atoms with van der Waals surface area (Å²) in [5.74, 6) is 0.477. The fourth-order valence-electron chi connectivity index (χ4n) is 3.32. The molecule has 1 aromatic carbocycles. The number of anilines is 1. The fourth-order valence-corrected chi connectivity index (χ4v) is 3.32. The van der Waals surface area contributed by atoms with Crippen LogP contribution >= 0.6 is 0 Å². The Balaban J connectivity index is 1.70. The molecule has 2 N–H and O–H groups in total. The van der Waals surface area contributed by atoms with E-state index in [9.17, 15) is 9.59 Å². The van der Waals surface area contributed by atoms with E-state index in [4.69, 9.17) is 4.42 Å². The van der Waals surface area contributed by atoms with Crippen molar-refractivity contribution >= 4 is 17.5 Å². The summed E-state index contributed by atoms with van der Waals surface area (Å²) in [6.07, 6.45) is 5.91. The van der Waals surface area contributed by atoms with Crippen molar-refractivity contribution in [2.75, 3.05) is 5.32 Å². The van der Waals surface area contributed by atoms with Crippen molar-refractivity contribution in [3.8, 4) is 0 Å². The van der Waals surface area contributed by atoms with Crippen molar-refractivity contribution in [3.63, 3.8) is 0 Å². The summed E-state index contributed by atoms with van der Waals surface area (Å²) < 4.78 is 5.10. The van der Waals surface area contributed by atoms with Crippen molar-refractivity contribution < 1.29 is 14.0 Å². The lowest BCUT2D eigenvalue weighted by molar-refractivity contribution is 0.0920. The maximum atomic E-state index is 12.6. The average Bonchev–Trinajstić information content (AvgIpc) is 3.11. The molecule has 2 amide bonds. The molecule has 1 aromatic heterocycles. The molecule has 2 aromatic rings. The molecule has 1 aliphatic rings. The van der Waals surface area contributed by atoms with E-state index in [1.165, 1.54) is 12.7 Å². The number of carbonyl (C=O) groups excluding carboxylic acids is 2. The van der Waals surface area contributed by atoms with E-state index < -0.39 is 0 Å². The molecule has 2 atom stereocenters. The third-order valence-corrected chi connectivity index (χ3v) is 4.76. The minimum atomic E-state index is -0.327. The van der Waals surface area contributed by atoms with Gasteiger partial charge >= 0.3 is 0 Å². The number of carbonyl (C=O) groups is 2. The maximum Gasteiger partial charge on any atom is 0.291 e. The van der Waals surface area contributed by atoms with Gasteiger partial charge < -0.3 is 15.1 Å². The van der Waals surface area contributed by atoms with Crippen molar-refractivity contribution in [3.05, 3.63) is 53.5 Å². The zero-order valence-electron chi connectivity index (χ0n) is 14.7. The van der Waals surface area contributed by atoms with E-state index in [1.54, 1.807) is 24.3 Å². The number of rotatable bonds is 4. The first-order chi connectivity index (χ1) is 12.0. The van der Waals surface area contributed by atoms with Gasteiger partial charge in [0.2, 0.25) is 0 Å². The lowest BCUT2D eigenvalue weighted by atomic mass is 9.87. The molecular weight excluding hydrogens is 316 g/mol. The Morgan fingerprint density at radius 3 is 2.72 bits per heavy atom. The van der Waals surface area contributed by atoms with E-state index in [0.717, 1.165) is 24.8 Å². The SMILES string of the molecule is Cc1ccc(C(=O)NC2CCCC(C)C2)cc1NC(=O)c1ccco1. The molecule has 25 heavy (non-hydrogen) atoms. The van der Waals surface area contributed by atoms with Gasteiger partial charge in [-0.3, -0.25) is 9.59 Å². The number of benzene rings is 1. The number of amides is 2. The first-order valence-corrected chi connectivity index (χ1v) is 8.79. The zero-order chi connectivity index (χ0) is 17.8. The third-order valence-electron chi connectivity index (χ3n) is 4.76. The Morgan fingerprint density at radius 2 is 2.00 bits per heavy atom. The molecule has 0 spiro atoms. The molecule has 5 nitrogen and oxygen atoms in total. The molecule has 0 radical (unpaired) electrons. The van der Waals surface area contributed by atoms with Gasteiger partial charge in [0, 0.05) is 17.3 Å². The van der Waals surface area contributed by atoms with E-state index >= 15 is 0 Å². The van der Waals surface area contributed by atoms with E-state index in [1.807, 2.05) is 13.0 Å². The normalized spacial score (nSPS) is 20.1. The van der Waals surface area contributed by atoms with Crippen LogP contribution in [0.1, 0.15) is 59.1 Å². The summed E-state index contributed by atoms with van der Waals surface area (Å²) in [5, 5.41) is 5.93. The number of nitrogens with one attached hydrogen (secondary N) is 2. The quantitative estimate of drug-likeness (QED) is 0.878. The van der Waals surface area contributed by atoms with Gasteiger partial charge in [-0.05, 0) is 55.5 Å². The molecule has 3 rings (SSSR count). The maximum absolute atomic E-state index is 12.6. The smallest absolute Gasteiger partial charge is 0.291 e. The van der Waals surface area contributed by atoms with Crippen LogP contribution in [0.5, 0.6) is 0 Å². The average molecular weight is 340 g/mol. The van der Waals surface area contributed by atoms with Gasteiger partial charge in [-0.25, -0.2) is 0 Å². The van der Waals surface area contributed by atoms with Crippen LogP contribution in [0.25, 0.3) is 0 Å². The first-order valence-electron chi connectivity index (χ1n) is 8.79. The fraction of sp³-hybridized carbons (Fsp3) is 0.400. The Morgan fingerprint density at radius 1 is 1.16 bits per heavy atom. The van der Waals surface area contributed by atoms with Crippen molar-refractivity contribution in [2.45, 2.75) is 45.6 Å². The Bertz CT molecular complexity index is 752. The third kappa shape index (κ3) is 4.29. The van der Waals surface area contributed by atoms with E-state index in [-0.39, 0.29) is 23.6 Å². The summed E-state index contributed by atoms with van der Waals surface area (Å²) in [7, 11) is 0. The second kappa shape index (κ2) is 7.55. The largest absolute Gasteiger partial charge is 0.459 e. The van der Waals surface area contributed by atoms with Crippen LogP contribution in [-0.2, 0) is 0 Å². The highest BCUT2D eigenvalue weighted by Crippen LogP contribution is 2.24. The number of furan rings is 1. The molecule has 0 saturated heterocycles. The van der Waals surface area contributed by atoms with Gasteiger partial charge in [-0.15, -0.1) is 0 Å². The number of aryl methyl sites for hydroxylation is 1. The zero-order valence-corrected chi connectivity index (χ0v) is 14.7. The van der Waals surface area contributed by atoms with Gasteiger partial charge in [0.05, 0.1) is 6.26 Å². The first kappa shape index (κ1) is 17.3. The van der Waals surface area contributed by atoms with Crippen LogP contribution in [0.15, 0.2) is 41.0 Å². The van der Waals surface area contributed by atoms with Gasteiger partial charge in [-0.2, -0.15) is 0 Å². The highest BCUT2D eigenvalue weighted by molar-refractivity contribution is 6.03. The van der Waals surface area contributed by atoms with E-state index in [2.05, 4.69) is 17.6 Å². The van der Waals surface area contributed by atoms with Gasteiger partial charge in [-0.1, -0.05) is 25.8 Å². The highest BCUT2D eigenvalue weighted by Gasteiger charge is 2.21. The highest BCUT2D eigenvalue weighted by atomic mass is 16.3.